The fourth-order valence-electron chi connectivity index (χ4n) is 1.48. The van der Waals surface area contributed by atoms with E-state index >= 15 is 0 Å². The van der Waals surface area contributed by atoms with Crippen molar-refractivity contribution in [1.82, 2.24) is 20.3 Å². The van der Waals surface area contributed by atoms with E-state index in [4.69, 9.17) is 0 Å². The average molecular weight is 234 g/mol. The molecule has 2 aromatic rings. The molecule has 1 aromatic carbocycles. The molecule has 0 aliphatic rings. The number of rotatable bonds is 2. The van der Waals surface area contributed by atoms with Crippen LogP contribution in [-0.2, 0) is 0 Å². The lowest BCUT2D eigenvalue weighted by atomic mass is 10.3. The molecule has 0 spiro atoms. The van der Waals surface area contributed by atoms with E-state index in [2.05, 4.69) is 15.6 Å². The molecule has 1 aromatic heterocycles. The zero-order valence-electron chi connectivity index (χ0n) is 9.44. The fourth-order valence-corrected chi connectivity index (χ4v) is 1.48. The van der Waals surface area contributed by atoms with Crippen molar-refractivity contribution in [3.8, 4) is 5.69 Å². The first kappa shape index (κ1) is 11.3. The van der Waals surface area contributed by atoms with E-state index < -0.39 is 0 Å². The highest BCUT2D eigenvalue weighted by atomic mass is 19.1. The minimum absolute atomic E-state index is 0.261. The second kappa shape index (κ2) is 4.32. The molecule has 88 valence electrons. The summed E-state index contributed by atoms with van der Waals surface area (Å²) in [5.74, 6) is -0.617. The summed E-state index contributed by atoms with van der Waals surface area (Å²) in [4.78, 5) is 11.4. The predicted octanol–water partition coefficient (Wildman–Crippen LogP) is 1.07. The number of amides is 1. The van der Waals surface area contributed by atoms with Crippen LogP contribution in [0.1, 0.15) is 16.2 Å². The monoisotopic (exact) mass is 234 g/mol. The molecule has 1 heterocycles. The van der Waals surface area contributed by atoms with Crippen molar-refractivity contribution >= 4 is 5.91 Å². The van der Waals surface area contributed by atoms with Gasteiger partial charge in [-0.3, -0.25) is 4.79 Å². The van der Waals surface area contributed by atoms with Crippen LogP contribution in [0.3, 0.4) is 0 Å². The standard InChI is InChI=1S/C11H11FN4O/c1-7-10(11(17)13-2)14-15-16(7)9-5-3-8(12)4-6-9/h3-6H,1-2H3,(H,13,17). The van der Waals surface area contributed by atoms with Gasteiger partial charge in [-0.2, -0.15) is 0 Å². The zero-order chi connectivity index (χ0) is 12.4. The van der Waals surface area contributed by atoms with E-state index in [1.165, 1.54) is 23.9 Å². The molecule has 0 saturated heterocycles. The van der Waals surface area contributed by atoms with Crippen molar-refractivity contribution in [2.45, 2.75) is 6.92 Å². The number of benzene rings is 1. The zero-order valence-corrected chi connectivity index (χ0v) is 9.44. The number of hydrogen-bond acceptors (Lipinski definition) is 3. The Balaban J connectivity index is 2.44. The first-order valence-electron chi connectivity index (χ1n) is 5.04. The van der Waals surface area contributed by atoms with Crippen LogP contribution in [0.4, 0.5) is 4.39 Å². The van der Waals surface area contributed by atoms with Crippen LogP contribution >= 0.6 is 0 Å². The number of hydrogen-bond donors (Lipinski definition) is 1. The van der Waals surface area contributed by atoms with Gasteiger partial charge in [-0.25, -0.2) is 9.07 Å². The molecule has 1 N–H and O–H groups in total. The van der Waals surface area contributed by atoms with Gasteiger partial charge in [-0.1, -0.05) is 5.21 Å². The Hall–Kier alpha value is -2.24. The minimum atomic E-state index is -0.321. The summed E-state index contributed by atoms with van der Waals surface area (Å²) in [6, 6.07) is 5.81. The Morgan fingerprint density at radius 1 is 1.35 bits per heavy atom. The Morgan fingerprint density at radius 3 is 2.59 bits per heavy atom. The van der Waals surface area contributed by atoms with Crippen LogP contribution < -0.4 is 5.32 Å². The molecule has 0 unspecified atom stereocenters. The van der Waals surface area contributed by atoms with Gasteiger partial charge in [0.05, 0.1) is 11.4 Å². The number of nitrogens with one attached hydrogen (secondary N) is 1. The predicted molar refractivity (Wildman–Crippen MR) is 59.4 cm³/mol. The highest BCUT2D eigenvalue weighted by Gasteiger charge is 2.15. The van der Waals surface area contributed by atoms with Crippen molar-refractivity contribution < 1.29 is 9.18 Å². The van der Waals surface area contributed by atoms with E-state index in [1.54, 1.807) is 19.1 Å². The Bertz CT molecular complexity index is 547. The molecule has 0 aliphatic carbocycles. The van der Waals surface area contributed by atoms with Gasteiger partial charge < -0.3 is 5.32 Å². The number of nitrogens with zero attached hydrogens (tertiary/aromatic N) is 3. The summed E-state index contributed by atoms with van der Waals surface area (Å²) in [7, 11) is 1.53. The molecular weight excluding hydrogens is 223 g/mol. The van der Waals surface area contributed by atoms with Gasteiger partial charge in [0.2, 0.25) is 0 Å². The quantitative estimate of drug-likeness (QED) is 0.845. The molecular formula is C11H11FN4O. The van der Waals surface area contributed by atoms with Gasteiger partial charge in [0.15, 0.2) is 5.69 Å². The van der Waals surface area contributed by atoms with Crippen molar-refractivity contribution in [3.05, 3.63) is 41.5 Å². The van der Waals surface area contributed by atoms with Gasteiger partial charge >= 0.3 is 0 Å². The van der Waals surface area contributed by atoms with E-state index in [0.717, 1.165) is 0 Å². The second-order valence-electron chi connectivity index (χ2n) is 3.49. The van der Waals surface area contributed by atoms with Crippen molar-refractivity contribution in [2.75, 3.05) is 7.05 Å². The fraction of sp³-hybridized carbons (Fsp3) is 0.182. The Kier molecular flexibility index (Phi) is 2.86. The molecule has 5 nitrogen and oxygen atoms in total. The summed E-state index contributed by atoms with van der Waals surface area (Å²) in [6.07, 6.45) is 0. The Morgan fingerprint density at radius 2 is 2.00 bits per heavy atom. The maximum absolute atomic E-state index is 12.8. The average Bonchev–Trinajstić information content (AvgIpc) is 2.71. The van der Waals surface area contributed by atoms with E-state index in [0.29, 0.717) is 11.4 Å². The van der Waals surface area contributed by atoms with Crippen LogP contribution in [0, 0.1) is 12.7 Å². The minimum Gasteiger partial charge on any atom is -0.354 e. The molecule has 6 heteroatoms. The third-order valence-corrected chi connectivity index (χ3v) is 2.41. The van der Waals surface area contributed by atoms with E-state index in [-0.39, 0.29) is 17.4 Å². The van der Waals surface area contributed by atoms with Gasteiger partial charge in [0.25, 0.3) is 5.91 Å². The maximum Gasteiger partial charge on any atom is 0.273 e. The summed E-state index contributed by atoms with van der Waals surface area (Å²) in [6.45, 7) is 1.73. The lowest BCUT2D eigenvalue weighted by Gasteiger charge is -2.02. The lowest BCUT2D eigenvalue weighted by molar-refractivity contribution is 0.0957. The molecule has 1 amide bonds. The lowest BCUT2D eigenvalue weighted by Crippen LogP contribution is -2.19. The van der Waals surface area contributed by atoms with Crippen LogP contribution in [0.2, 0.25) is 0 Å². The van der Waals surface area contributed by atoms with Gasteiger partial charge in [0.1, 0.15) is 5.82 Å². The summed E-state index contributed by atoms with van der Waals surface area (Å²) in [5, 5.41) is 10.1. The smallest absolute Gasteiger partial charge is 0.273 e. The molecule has 0 radical (unpaired) electrons. The molecule has 0 saturated carbocycles. The summed E-state index contributed by atoms with van der Waals surface area (Å²) < 4.78 is 14.3. The molecule has 0 atom stereocenters. The summed E-state index contributed by atoms with van der Waals surface area (Å²) in [5.41, 5.74) is 1.53. The summed E-state index contributed by atoms with van der Waals surface area (Å²) >= 11 is 0. The number of halogens is 1. The number of aromatic nitrogens is 3. The first-order chi connectivity index (χ1) is 8.13. The van der Waals surface area contributed by atoms with E-state index in [9.17, 15) is 9.18 Å². The Labute approximate surface area is 97.3 Å². The normalized spacial score (nSPS) is 10.3. The van der Waals surface area contributed by atoms with Crippen molar-refractivity contribution in [2.24, 2.45) is 0 Å². The topological polar surface area (TPSA) is 59.8 Å². The third-order valence-electron chi connectivity index (χ3n) is 2.41. The highest BCUT2D eigenvalue weighted by molar-refractivity contribution is 5.93. The van der Waals surface area contributed by atoms with Crippen LogP contribution in [0.5, 0.6) is 0 Å². The van der Waals surface area contributed by atoms with Gasteiger partial charge in [-0.15, -0.1) is 5.10 Å². The van der Waals surface area contributed by atoms with Crippen LogP contribution in [0.25, 0.3) is 5.69 Å². The second-order valence-corrected chi connectivity index (χ2v) is 3.49. The van der Waals surface area contributed by atoms with Crippen LogP contribution in [0.15, 0.2) is 24.3 Å². The van der Waals surface area contributed by atoms with Crippen LogP contribution in [-0.4, -0.2) is 27.9 Å². The van der Waals surface area contributed by atoms with E-state index in [1.807, 2.05) is 0 Å². The molecule has 0 fully saturated rings. The van der Waals surface area contributed by atoms with Crippen molar-refractivity contribution in [3.63, 3.8) is 0 Å². The van der Waals surface area contributed by atoms with Crippen molar-refractivity contribution in [1.29, 1.82) is 0 Å². The number of carbonyl (C=O) groups excluding carboxylic acids is 1. The maximum atomic E-state index is 12.8. The SMILES string of the molecule is CNC(=O)c1nnn(-c2ccc(F)cc2)c1C. The number of carbonyl (C=O) groups is 1. The molecule has 17 heavy (non-hydrogen) atoms. The third kappa shape index (κ3) is 2.01. The highest BCUT2D eigenvalue weighted by Crippen LogP contribution is 2.12. The van der Waals surface area contributed by atoms with Gasteiger partial charge in [-0.05, 0) is 31.2 Å². The molecule has 0 bridgehead atoms. The van der Waals surface area contributed by atoms with Gasteiger partial charge in [0, 0.05) is 7.05 Å². The largest absolute Gasteiger partial charge is 0.354 e. The first-order valence-corrected chi connectivity index (χ1v) is 5.04. The molecule has 0 aliphatic heterocycles. The molecule has 2 rings (SSSR count).